The first kappa shape index (κ1) is 14.2. The zero-order valence-corrected chi connectivity index (χ0v) is 12.4. The molecule has 0 amide bonds. The first-order valence-corrected chi connectivity index (χ1v) is 8.52. The molecule has 0 saturated carbocycles. The Morgan fingerprint density at radius 1 is 1.06 bits per heavy atom. The first-order chi connectivity index (χ1) is 8.85. The fraction of sp³-hybridized carbons (Fsp3) is 0.882. The molecule has 102 valence electrons. The summed E-state index contributed by atoms with van der Waals surface area (Å²) in [7, 11) is 1.51. The third kappa shape index (κ3) is 4.18. The Morgan fingerprint density at radius 3 is 2.50 bits per heavy atom. The molecule has 0 aliphatic carbocycles. The average Bonchev–Trinajstić information content (AvgIpc) is 2.38. The molecule has 2 fully saturated rings. The Morgan fingerprint density at radius 2 is 1.78 bits per heavy atom. The van der Waals surface area contributed by atoms with E-state index in [0.29, 0.717) is 5.31 Å². The van der Waals surface area contributed by atoms with Gasteiger partial charge >= 0.3 is 0 Å². The summed E-state index contributed by atoms with van der Waals surface area (Å²) >= 11 is 0. The van der Waals surface area contributed by atoms with E-state index in [1.54, 1.807) is 0 Å². The molecule has 2 aliphatic heterocycles. The van der Waals surface area contributed by atoms with Gasteiger partial charge in [0.15, 0.2) is 0 Å². The molecule has 0 aromatic carbocycles. The SMILES string of the molecule is CCCCCCCC=CC12BC(CCC1)CCC2. The summed E-state index contributed by atoms with van der Waals surface area (Å²) in [4.78, 5) is 0. The van der Waals surface area contributed by atoms with Crippen LogP contribution in [0.1, 0.15) is 84.0 Å². The monoisotopic (exact) mass is 246 g/mol. The van der Waals surface area contributed by atoms with Crippen LogP contribution in [0.4, 0.5) is 0 Å². The average molecular weight is 246 g/mol. The minimum absolute atomic E-state index is 0.643. The van der Waals surface area contributed by atoms with Gasteiger partial charge in [0.25, 0.3) is 0 Å². The van der Waals surface area contributed by atoms with E-state index in [4.69, 9.17) is 0 Å². The molecule has 2 bridgehead atoms. The summed E-state index contributed by atoms with van der Waals surface area (Å²) < 4.78 is 0. The van der Waals surface area contributed by atoms with Gasteiger partial charge in [-0.3, -0.25) is 0 Å². The van der Waals surface area contributed by atoms with Crippen LogP contribution >= 0.6 is 0 Å². The second-order valence-corrected chi connectivity index (χ2v) is 6.82. The van der Waals surface area contributed by atoms with Gasteiger partial charge in [-0.25, -0.2) is 0 Å². The maximum atomic E-state index is 2.64. The number of rotatable bonds is 7. The molecule has 2 aliphatic rings. The lowest BCUT2D eigenvalue weighted by Gasteiger charge is -2.42. The summed E-state index contributed by atoms with van der Waals surface area (Å²) in [5.41, 5.74) is 0. The largest absolute Gasteiger partial charge is 0.136 e. The van der Waals surface area contributed by atoms with Gasteiger partial charge in [0, 0.05) is 0 Å². The molecule has 0 aromatic heterocycles. The molecule has 2 rings (SSSR count). The van der Waals surface area contributed by atoms with Crippen LogP contribution in [0, 0.1) is 0 Å². The molecule has 0 nitrogen and oxygen atoms in total. The number of allylic oxidation sites excluding steroid dienone is 2. The van der Waals surface area contributed by atoms with Crippen molar-refractivity contribution >= 4 is 7.28 Å². The second kappa shape index (κ2) is 7.41. The van der Waals surface area contributed by atoms with Crippen molar-refractivity contribution in [2.45, 2.75) is 95.1 Å². The molecule has 0 spiro atoms. The number of hydrogen-bond donors (Lipinski definition) is 0. The van der Waals surface area contributed by atoms with Crippen LogP contribution in [0.5, 0.6) is 0 Å². The highest BCUT2D eigenvalue weighted by Gasteiger charge is 2.38. The predicted octanol–water partition coefficient (Wildman–Crippen LogP) is 5.65. The maximum absolute atomic E-state index is 2.64. The van der Waals surface area contributed by atoms with E-state index >= 15 is 0 Å². The maximum Gasteiger partial charge on any atom is 0.136 e. The fourth-order valence-corrected chi connectivity index (χ4v) is 4.17. The molecule has 0 N–H and O–H groups in total. The van der Waals surface area contributed by atoms with Crippen LogP contribution in [-0.4, -0.2) is 7.28 Å². The Kier molecular flexibility index (Phi) is 5.85. The second-order valence-electron chi connectivity index (χ2n) is 6.82. The van der Waals surface area contributed by atoms with Crippen LogP contribution in [0.3, 0.4) is 0 Å². The summed E-state index contributed by atoms with van der Waals surface area (Å²) in [5.74, 6) is 1.07. The van der Waals surface area contributed by atoms with Gasteiger partial charge in [-0.1, -0.05) is 89.1 Å². The third-order valence-electron chi connectivity index (χ3n) is 5.22. The summed E-state index contributed by atoms with van der Waals surface area (Å²) in [5, 5.41) is 0.643. The Bertz CT molecular complexity index is 246. The summed E-state index contributed by atoms with van der Waals surface area (Å²) in [6, 6.07) is 0. The molecular weight excluding hydrogens is 215 g/mol. The van der Waals surface area contributed by atoms with Crippen molar-refractivity contribution in [3.05, 3.63) is 12.2 Å². The molecule has 18 heavy (non-hydrogen) atoms. The molecule has 2 heterocycles. The molecule has 0 aromatic rings. The summed E-state index contributed by atoms with van der Waals surface area (Å²) in [6.07, 6.45) is 22.6. The molecule has 1 heteroatoms. The smallest absolute Gasteiger partial charge is 0.0900 e. The van der Waals surface area contributed by atoms with Gasteiger partial charge in [0.05, 0.1) is 0 Å². The molecule has 2 saturated heterocycles. The van der Waals surface area contributed by atoms with E-state index in [9.17, 15) is 0 Å². The number of hydrogen-bond acceptors (Lipinski definition) is 0. The third-order valence-corrected chi connectivity index (χ3v) is 5.22. The minimum Gasteiger partial charge on any atom is -0.0900 e. The van der Waals surface area contributed by atoms with E-state index in [1.807, 2.05) is 0 Å². The van der Waals surface area contributed by atoms with Crippen molar-refractivity contribution in [3.63, 3.8) is 0 Å². The van der Waals surface area contributed by atoms with E-state index in [1.165, 1.54) is 84.3 Å². The quantitative estimate of drug-likeness (QED) is 0.309. The van der Waals surface area contributed by atoms with Crippen LogP contribution in [0.15, 0.2) is 12.2 Å². The fourth-order valence-electron chi connectivity index (χ4n) is 4.17. The Labute approximate surface area is 115 Å². The normalized spacial score (nSPS) is 31.5. The van der Waals surface area contributed by atoms with Crippen LogP contribution in [0.25, 0.3) is 0 Å². The van der Waals surface area contributed by atoms with Crippen LogP contribution in [0.2, 0.25) is 11.1 Å². The molecule has 0 atom stereocenters. The molecule has 0 unspecified atom stereocenters. The van der Waals surface area contributed by atoms with E-state index in [0.717, 1.165) is 5.82 Å². The highest BCUT2D eigenvalue weighted by atomic mass is 14.3. The van der Waals surface area contributed by atoms with Crippen LogP contribution < -0.4 is 0 Å². The van der Waals surface area contributed by atoms with Gasteiger partial charge in [-0.05, 0) is 18.2 Å². The topological polar surface area (TPSA) is 0 Å². The molecule has 0 radical (unpaired) electrons. The first-order valence-electron chi connectivity index (χ1n) is 8.52. The van der Waals surface area contributed by atoms with Crippen molar-refractivity contribution < 1.29 is 0 Å². The van der Waals surface area contributed by atoms with Gasteiger partial charge in [0.1, 0.15) is 7.28 Å². The van der Waals surface area contributed by atoms with Crippen LogP contribution in [-0.2, 0) is 0 Å². The summed E-state index contributed by atoms with van der Waals surface area (Å²) in [6.45, 7) is 2.29. The van der Waals surface area contributed by atoms with Crippen molar-refractivity contribution in [3.8, 4) is 0 Å². The van der Waals surface area contributed by atoms with Gasteiger partial charge in [0.2, 0.25) is 0 Å². The van der Waals surface area contributed by atoms with Crippen molar-refractivity contribution in [2.24, 2.45) is 0 Å². The lowest BCUT2D eigenvalue weighted by molar-refractivity contribution is 0.397. The Balaban J connectivity index is 1.67. The van der Waals surface area contributed by atoms with Gasteiger partial charge in [-0.15, -0.1) is 0 Å². The lowest BCUT2D eigenvalue weighted by Crippen LogP contribution is -2.31. The highest BCUT2D eigenvalue weighted by Crippen LogP contribution is 2.52. The Hall–Kier alpha value is -0.195. The van der Waals surface area contributed by atoms with Crippen molar-refractivity contribution in [1.82, 2.24) is 0 Å². The molecular formula is C17H31B. The zero-order chi connectivity index (χ0) is 12.7. The predicted molar refractivity (Wildman–Crippen MR) is 83.8 cm³/mol. The number of unbranched alkanes of at least 4 members (excludes halogenated alkanes) is 5. The van der Waals surface area contributed by atoms with Crippen molar-refractivity contribution in [1.29, 1.82) is 0 Å². The van der Waals surface area contributed by atoms with Gasteiger partial charge < -0.3 is 0 Å². The van der Waals surface area contributed by atoms with Crippen molar-refractivity contribution in [2.75, 3.05) is 0 Å². The van der Waals surface area contributed by atoms with E-state index in [-0.39, 0.29) is 0 Å². The van der Waals surface area contributed by atoms with E-state index in [2.05, 4.69) is 19.1 Å². The minimum atomic E-state index is 0.643. The zero-order valence-electron chi connectivity index (χ0n) is 12.4. The van der Waals surface area contributed by atoms with Gasteiger partial charge in [-0.2, -0.15) is 0 Å². The standard InChI is InChI=1S/C17H31B/c1-2-3-4-5-6-7-8-13-17-14-9-11-16(18-17)12-10-15-17/h8,13,16,18H,2-7,9-12,14-15H2,1H3. The number of fused-ring (bicyclic) bond motifs is 2. The highest BCUT2D eigenvalue weighted by molar-refractivity contribution is 6.43. The van der Waals surface area contributed by atoms with E-state index < -0.39 is 0 Å². The lowest BCUT2D eigenvalue weighted by atomic mass is 9.36.